The van der Waals surface area contributed by atoms with Crippen molar-refractivity contribution in [3.05, 3.63) is 23.3 Å². The van der Waals surface area contributed by atoms with Crippen LogP contribution in [0, 0.1) is 5.92 Å². The topological polar surface area (TPSA) is 38.7 Å². The van der Waals surface area contributed by atoms with Gasteiger partial charge in [0.1, 0.15) is 17.6 Å². The van der Waals surface area contributed by atoms with Crippen LogP contribution in [0.25, 0.3) is 0 Å². The molecule has 1 N–H and O–H groups in total. The summed E-state index contributed by atoms with van der Waals surface area (Å²) in [6.45, 7) is 6.42. The summed E-state index contributed by atoms with van der Waals surface area (Å²) in [6.07, 6.45) is 3.68. The van der Waals surface area contributed by atoms with Gasteiger partial charge in [0.2, 0.25) is 0 Å². The average Bonchev–Trinajstić information content (AvgIpc) is 2.76. The van der Waals surface area contributed by atoms with Crippen molar-refractivity contribution in [1.82, 2.24) is 0 Å². The molecule has 112 valence electrons. The third-order valence-corrected chi connectivity index (χ3v) is 4.01. The van der Waals surface area contributed by atoms with E-state index in [-0.39, 0.29) is 6.10 Å². The van der Waals surface area contributed by atoms with Gasteiger partial charge in [-0.15, -0.1) is 0 Å². The molecule has 1 aliphatic rings. The van der Waals surface area contributed by atoms with Crippen LogP contribution in [-0.2, 0) is 6.42 Å². The summed E-state index contributed by atoms with van der Waals surface area (Å²) in [5.41, 5.74) is 2.02. The fourth-order valence-electron chi connectivity index (χ4n) is 3.01. The number of ether oxygens (including phenoxy) is 2. The molecule has 20 heavy (non-hydrogen) atoms. The number of benzene rings is 1. The lowest BCUT2D eigenvalue weighted by molar-refractivity contribution is 0.141. The molecule has 1 aliphatic heterocycles. The second-order valence-electron chi connectivity index (χ2n) is 5.98. The molecule has 0 saturated carbocycles. The third kappa shape index (κ3) is 3.26. The molecule has 0 radical (unpaired) electrons. The lowest BCUT2D eigenvalue weighted by Crippen LogP contribution is -2.07. The van der Waals surface area contributed by atoms with Crippen LogP contribution in [0.3, 0.4) is 0 Å². The Kier molecular flexibility index (Phi) is 4.92. The van der Waals surface area contributed by atoms with Crippen LogP contribution in [0.1, 0.15) is 57.3 Å². The quantitative estimate of drug-likeness (QED) is 0.858. The van der Waals surface area contributed by atoms with Gasteiger partial charge in [0.15, 0.2) is 0 Å². The van der Waals surface area contributed by atoms with E-state index in [0.29, 0.717) is 5.92 Å². The molecule has 1 aromatic carbocycles. The molecule has 0 amide bonds. The summed E-state index contributed by atoms with van der Waals surface area (Å²) in [7, 11) is 1.66. The minimum absolute atomic E-state index is 0.209. The fraction of sp³-hybridized carbons (Fsp3) is 0.647. The first-order valence-electron chi connectivity index (χ1n) is 7.60. The van der Waals surface area contributed by atoms with Crippen molar-refractivity contribution < 1.29 is 14.6 Å². The molecule has 3 nitrogen and oxygen atoms in total. The number of methoxy groups -OCH3 is 1. The van der Waals surface area contributed by atoms with Gasteiger partial charge in [0.25, 0.3) is 0 Å². The maximum absolute atomic E-state index is 10.5. The number of rotatable bonds is 6. The van der Waals surface area contributed by atoms with Crippen LogP contribution in [0.4, 0.5) is 0 Å². The van der Waals surface area contributed by atoms with Gasteiger partial charge in [-0.25, -0.2) is 0 Å². The molecule has 3 atom stereocenters. The Bertz CT molecular complexity index is 456. The standard InChI is InChI=1S/C17H26O3/c1-5-6-11(2)7-15(18)14-10-16-13(8-12(3)20-16)9-17(14)19-4/h9-12,15,18H,5-8H2,1-4H3. The Morgan fingerprint density at radius 2 is 2.20 bits per heavy atom. The van der Waals surface area contributed by atoms with Crippen LogP contribution in [0.5, 0.6) is 11.5 Å². The summed E-state index contributed by atoms with van der Waals surface area (Å²) >= 11 is 0. The van der Waals surface area contributed by atoms with Gasteiger partial charge >= 0.3 is 0 Å². The summed E-state index contributed by atoms with van der Waals surface area (Å²) in [6, 6.07) is 3.98. The fourth-order valence-corrected chi connectivity index (χ4v) is 3.01. The smallest absolute Gasteiger partial charge is 0.125 e. The third-order valence-electron chi connectivity index (χ3n) is 4.01. The summed E-state index contributed by atoms with van der Waals surface area (Å²) < 4.78 is 11.2. The number of hydrogen-bond acceptors (Lipinski definition) is 3. The highest BCUT2D eigenvalue weighted by atomic mass is 16.5. The maximum Gasteiger partial charge on any atom is 0.125 e. The lowest BCUT2D eigenvalue weighted by Gasteiger charge is -2.19. The molecule has 1 heterocycles. The molecule has 0 aromatic heterocycles. The zero-order valence-corrected chi connectivity index (χ0v) is 13.0. The van der Waals surface area contributed by atoms with Crippen LogP contribution >= 0.6 is 0 Å². The highest BCUT2D eigenvalue weighted by Crippen LogP contribution is 2.39. The van der Waals surface area contributed by atoms with Crippen LogP contribution in [0.2, 0.25) is 0 Å². The Labute approximate surface area is 121 Å². The van der Waals surface area contributed by atoms with E-state index in [1.165, 1.54) is 5.56 Å². The van der Waals surface area contributed by atoms with E-state index in [1.807, 2.05) is 12.1 Å². The monoisotopic (exact) mass is 278 g/mol. The molecule has 0 spiro atoms. The van der Waals surface area contributed by atoms with E-state index >= 15 is 0 Å². The second-order valence-corrected chi connectivity index (χ2v) is 5.98. The summed E-state index contributed by atoms with van der Waals surface area (Å²) in [4.78, 5) is 0. The normalized spacial score (nSPS) is 20.1. The highest BCUT2D eigenvalue weighted by Gasteiger charge is 2.24. The Morgan fingerprint density at radius 1 is 1.45 bits per heavy atom. The predicted octanol–water partition coefficient (Wildman–Crippen LogP) is 3.88. The van der Waals surface area contributed by atoms with Gasteiger partial charge in [0.05, 0.1) is 13.2 Å². The van der Waals surface area contributed by atoms with E-state index < -0.39 is 6.10 Å². The molecule has 0 fully saturated rings. The largest absolute Gasteiger partial charge is 0.496 e. The predicted molar refractivity (Wildman–Crippen MR) is 80.4 cm³/mol. The maximum atomic E-state index is 10.5. The molecule has 0 bridgehead atoms. The van der Waals surface area contributed by atoms with Crippen molar-refractivity contribution in [3.63, 3.8) is 0 Å². The zero-order valence-electron chi connectivity index (χ0n) is 13.0. The number of hydrogen-bond donors (Lipinski definition) is 1. The van der Waals surface area contributed by atoms with Crippen molar-refractivity contribution in [2.75, 3.05) is 7.11 Å². The van der Waals surface area contributed by atoms with Gasteiger partial charge in [-0.3, -0.25) is 0 Å². The molecular formula is C17H26O3. The highest BCUT2D eigenvalue weighted by molar-refractivity contribution is 5.49. The average molecular weight is 278 g/mol. The molecule has 0 saturated heterocycles. The minimum atomic E-state index is -0.490. The molecule has 0 aliphatic carbocycles. The van der Waals surface area contributed by atoms with Gasteiger partial charge < -0.3 is 14.6 Å². The van der Waals surface area contributed by atoms with Gasteiger partial charge in [0, 0.05) is 17.5 Å². The lowest BCUT2D eigenvalue weighted by atomic mass is 9.93. The Balaban J connectivity index is 2.20. The van der Waals surface area contributed by atoms with Crippen LogP contribution in [-0.4, -0.2) is 18.3 Å². The van der Waals surface area contributed by atoms with Crippen LogP contribution < -0.4 is 9.47 Å². The van der Waals surface area contributed by atoms with E-state index in [0.717, 1.165) is 42.7 Å². The first-order valence-corrected chi connectivity index (χ1v) is 7.60. The second kappa shape index (κ2) is 6.49. The molecule has 3 heteroatoms. The first kappa shape index (κ1) is 15.2. The summed E-state index contributed by atoms with van der Waals surface area (Å²) in [5, 5.41) is 10.5. The van der Waals surface area contributed by atoms with Crippen molar-refractivity contribution in [2.24, 2.45) is 5.92 Å². The Hall–Kier alpha value is -1.22. The van der Waals surface area contributed by atoms with Crippen molar-refractivity contribution in [3.8, 4) is 11.5 Å². The van der Waals surface area contributed by atoms with Gasteiger partial charge in [-0.2, -0.15) is 0 Å². The molecular weight excluding hydrogens is 252 g/mol. The minimum Gasteiger partial charge on any atom is -0.496 e. The van der Waals surface area contributed by atoms with E-state index in [1.54, 1.807) is 7.11 Å². The molecule has 3 unspecified atom stereocenters. The first-order chi connectivity index (χ1) is 9.55. The number of aliphatic hydroxyl groups is 1. The number of fused-ring (bicyclic) bond motifs is 1. The Morgan fingerprint density at radius 3 is 2.85 bits per heavy atom. The number of aliphatic hydroxyl groups excluding tert-OH is 1. The van der Waals surface area contributed by atoms with Crippen LogP contribution in [0.15, 0.2) is 12.1 Å². The van der Waals surface area contributed by atoms with E-state index in [4.69, 9.17) is 9.47 Å². The molecule has 2 rings (SSSR count). The van der Waals surface area contributed by atoms with E-state index in [9.17, 15) is 5.11 Å². The van der Waals surface area contributed by atoms with Gasteiger partial charge in [-0.1, -0.05) is 26.7 Å². The molecule has 1 aromatic rings. The van der Waals surface area contributed by atoms with Gasteiger partial charge in [-0.05, 0) is 31.4 Å². The van der Waals surface area contributed by atoms with Crippen molar-refractivity contribution in [2.45, 2.75) is 58.7 Å². The van der Waals surface area contributed by atoms with Crippen molar-refractivity contribution in [1.29, 1.82) is 0 Å². The zero-order chi connectivity index (χ0) is 14.7. The van der Waals surface area contributed by atoms with Crippen molar-refractivity contribution >= 4 is 0 Å². The van der Waals surface area contributed by atoms with E-state index in [2.05, 4.69) is 20.8 Å². The summed E-state index contributed by atoms with van der Waals surface area (Å²) in [5.74, 6) is 2.18. The SMILES string of the molecule is CCCC(C)CC(O)c1cc2c(cc1OC)CC(C)O2.